The first-order valence-electron chi connectivity index (χ1n) is 8.55. The number of nitrogens with one attached hydrogen (secondary N) is 1. The first kappa shape index (κ1) is 17.5. The lowest BCUT2D eigenvalue weighted by molar-refractivity contribution is -0.119. The topological polar surface area (TPSA) is 59.8 Å². The largest absolute Gasteiger partial charge is 0.353 e. The normalized spacial score (nSPS) is 16.0. The molecule has 1 aliphatic carbocycles. The van der Waals surface area contributed by atoms with E-state index in [0.29, 0.717) is 11.8 Å². The minimum atomic E-state index is 0.106. The maximum Gasteiger partial charge on any atom is 0.230 e. The molecular weight excluding hydrogens is 340 g/mol. The van der Waals surface area contributed by atoms with Gasteiger partial charge in [0.15, 0.2) is 5.16 Å². The average molecular weight is 365 g/mol. The third-order valence-corrected chi connectivity index (χ3v) is 6.29. The Morgan fingerprint density at radius 3 is 2.83 bits per heavy atom. The molecule has 0 aromatic carbocycles. The van der Waals surface area contributed by atoms with Crippen LogP contribution in [0.3, 0.4) is 0 Å². The van der Waals surface area contributed by atoms with Crippen molar-refractivity contribution in [2.45, 2.75) is 56.1 Å². The van der Waals surface area contributed by atoms with Gasteiger partial charge in [-0.3, -0.25) is 4.79 Å². The molecule has 2 aromatic heterocycles. The van der Waals surface area contributed by atoms with E-state index in [-0.39, 0.29) is 5.91 Å². The summed E-state index contributed by atoms with van der Waals surface area (Å²) in [5.41, 5.74) is 0. The molecule has 0 spiro atoms. The second kappa shape index (κ2) is 8.67. The van der Waals surface area contributed by atoms with Crippen molar-refractivity contribution in [1.82, 2.24) is 20.1 Å². The van der Waals surface area contributed by atoms with Crippen LogP contribution in [0, 0.1) is 0 Å². The van der Waals surface area contributed by atoms with Gasteiger partial charge in [0.25, 0.3) is 0 Å². The van der Waals surface area contributed by atoms with Gasteiger partial charge in [-0.15, -0.1) is 21.5 Å². The summed E-state index contributed by atoms with van der Waals surface area (Å²) in [5, 5.41) is 14.5. The number of aromatic nitrogens is 3. The van der Waals surface area contributed by atoms with Crippen LogP contribution in [0.5, 0.6) is 0 Å². The molecule has 130 valence electrons. The Bertz CT molecular complexity index is 646. The highest BCUT2D eigenvalue weighted by molar-refractivity contribution is 7.99. The number of amides is 1. The lowest BCUT2D eigenvalue weighted by Gasteiger charge is -2.15. The molecule has 1 N–H and O–H groups in total. The SMILES string of the molecule is Cn1c(Cc2cccs2)nnc1SCC(=O)NC1CCCCCC1. The van der Waals surface area contributed by atoms with Crippen LogP contribution in [-0.4, -0.2) is 32.5 Å². The fourth-order valence-electron chi connectivity index (χ4n) is 3.02. The standard InChI is InChI=1S/C17H24N4OS2/c1-21-15(11-14-9-6-10-23-14)19-20-17(21)24-12-16(22)18-13-7-4-2-3-5-8-13/h6,9-10,13H,2-5,7-8,11-12H2,1H3,(H,18,22). The minimum absolute atomic E-state index is 0.106. The molecule has 0 bridgehead atoms. The molecule has 0 saturated heterocycles. The Morgan fingerprint density at radius 1 is 1.33 bits per heavy atom. The summed E-state index contributed by atoms with van der Waals surface area (Å²) >= 11 is 3.19. The summed E-state index contributed by atoms with van der Waals surface area (Å²) in [5.74, 6) is 1.44. The van der Waals surface area contributed by atoms with Crippen molar-refractivity contribution in [1.29, 1.82) is 0 Å². The Hall–Kier alpha value is -1.34. The highest BCUT2D eigenvalue weighted by atomic mass is 32.2. The fourth-order valence-corrected chi connectivity index (χ4v) is 4.46. The third-order valence-electron chi connectivity index (χ3n) is 4.39. The van der Waals surface area contributed by atoms with E-state index in [4.69, 9.17) is 0 Å². The van der Waals surface area contributed by atoms with Crippen molar-refractivity contribution in [3.8, 4) is 0 Å². The first-order valence-corrected chi connectivity index (χ1v) is 10.4. The number of nitrogens with zero attached hydrogens (tertiary/aromatic N) is 3. The first-order chi connectivity index (χ1) is 11.7. The third kappa shape index (κ3) is 4.83. The maximum atomic E-state index is 12.2. The zero-order chi connectivity index (χ0) is 16.8. The van der Waals surface area contributed by atoms with Gasteiger partial charge in [0.2, 0.25) is 5.91 Å². The summed E-state index contributed by atoms with van der Waals surface area (Å²) in [7, 11) is 1.97. The van der Waals surface area contributed by atoms with Gasteiger partial charge in [-0.2, -0.15) is 0 Å². The van der Waals surface area contributed by atoms with Crippen LogP contribution >= 0.6 is 23.1 Å². The minimum Gasteiger partial charge on any atom is -0.353 e. The van der Waals surface area contributed by atoms with E-state index >= 15 is 0 Å². The van der Waals surface area contributed by atoms with E-state index in [1.165, 1.54) is 42.3 Å². The van der Waals surface area contributed by atoms with E-state index in [1.54, 1.807) is 11.3 Å². The number of thiophene rings is 1. The Kier molecular flexibility index (Phi) is 6.31. The molecule has 1 fully saturated rings. The predicted octanol–water partition coefficient (Wildman–Crippen LogP) is 3.40. The lowest BCUT2D eigenvalue weighted by Crippen LogP contribution is -2.35. The second-order valence-corrected chi connectivity index (χ2v) is 8.23. The van der Waals surface area contributed by atoms with Crippen LogP contribution in [0.2, 0.25) is 0 Å². The van der Waals surface area contributed by atoms with Gasteiger partial charge in [0.05, 0.1) is 5.75 Å². The van der Waals surface area contributed by atoms with E-state index in [2.05, 4.69) is 27.0 Å². The van der Waals surface area contributed by atoms with Crippen LogP contribution < -0.4 is 5.32 Å². The molecule has 5 nitrogen and oxygen atoms in total. The van der Waals surface area contributed by atoms with Gasteiger partial charge in [0.1, 0.15) is 5.82 Å². The fraction of sp³-hybridized carbons (Fsp3) is 0.588. The molecule has 24 heavy (non-hydrogen) atoms. The molecule has 1 saturated carbocycles. The molecule has 0 aliphatic heterocycles. The molecule has 7 heteroatoms. The smallest absolute Gasteiger partial charge is 0.230 e. The summed E-state index contributed by atoms with van der Waals surface area (Å²) in [6.07, 6.45) is 8.08. The van der Waals surface area contributed by atoms with E-state index in [0.717, 1.165) is 30.2 Å². The maximum absolute atomic E-state index is 12.2. The molecule has 3 rings (SSSR count). The Balaban J connectivity index is 1.49. The van der Waals surface area contributed by atoms with Crippen LogP contribution in [-0.2, 0) is 18.3 Å². The van der Waals surface area contributed by atoms with Gasteiger partial charge in [0, 0.05) is 24.4 Å². The highest BCUT2D eigenvalue weighted by Gasteiger charge is 2.16. The number of carbonyl (C=O) groups is 1. The highest BCUT2D eigenvalue weighted by Crippen LogP contribution is 2.20. The van der Waals surface area contributed by atoms with Crippen molar-refractivity contribution in [2.24, 2.45) is 7.05 Å². The number of hydrogen-bond acceptors (Lipinski definition) is 5. The van der Waals surface area contributed by atoms with Crippen molar-refractivity contribution >= 4 is 29.0 Å². The molecule has 1 amide bonds. The molecule has 2 aromatic rings. The van der Waals surface area contributed by atoms with Crippen LogP contribution in [0.25, 0.3) is 0 Å². The van der Waals surface area contributed by atoms with Crippen LogP contribution in [0.4, 0.5) is 0 Å². The van der Waals surface area contributed by atoms with E-state index < -0.39 is 0 Å². The monoisotopic (exact) mass is 364 g/mol. The summed E-state index contributed by atoms with van der Waals surface area (Å²) in [4.78, 5) is 13.5. The number of thioether (sulfide) groups is 1. The summed E-state index contributed by atoms with van der Waals surface area (Å²) < 4.78 is 1.99. The van der Waals surface area contributed by atoms with Gasteiger partial charge in [-0.05, 0) is 24.3 Å². The molecule has 2 heterocycles. The van der Waals surface area contributed by atoms with Crippen molar-refractivity contribution < 1.29 is 4.79 Å². The van der Waals surface area contributed by atoms with E-state index in [1.807, 2.05) is 17.7 Å². The predicted molar refractivity (Wildman–Crippen MR) is 98.5 cm³/mol. The zero-order valence-corrected chi connectivity index (χ0v) is 15.7. The van der Waals surface area contributed by atoms with E-state index in [9.17, 15) is 4.79 Å². The summed E-state index contributed by atoms with van der Waals surface area (Å²) in [6.45, 7) is 0. The Morgan fingerprint density at radius 2 is 2.12 bits per heavy atom. The van der Waals surface area contributed by atoms with Crippen molar-refractivity contribution in [3.63, 3.8) is 0 Å². The molecular formula is C17H24N4OS2. The molecule has 1 aliphatic rings. The number of hydrogen-bond donors (Lipinski definition) is 1. The van der Waals surface area contributed by atoms with Gasteiger partial charge in [-0.25, -0.2) is 0 Å². The van der Waals surface area contributed by atoms with Crippen LogP contribution in [0.1, 0.15) is 49.2 Å². The Labute approximate surface area is 151 Å². The summed E-state index contributed by atoms with van der Waals surface area (Å²) in [6, 6.07) is 4.51. The molecule has 0 atom stereocenters. The zero-order valence-electron chi connectivity index (χ0n) is 14.0. The molecule has 0 unspecified atom stereocenters. The van der Waals surface area contributed by atoms with Crippen LogP contribution in [0.15, 0.2) is 22.7 Å². The lowest BCUT2D eigenvalue weighted by atomic mass is 10.1. The quantitative estimate of drug-likeness (QED) is 0.630. The van der Waals surface area contributed by atoms with Gasteiger partial charge in [-0.1, -0.05) is 43.5 Å². The number of rotatable bonds is 6. The van der Waals surface area contributed by atoms with Gasteiger partial charge >= 0.3 is 0 Å². The number of carbonyl (C=O) groups excluding carboxylic acids is 1. The van der Waals surface area contributed by atoms with Crippen molar-refractivity contribution in [2.75, 3.05) is 5.75 Å². The van der Waals surface area contributed by atoms with Crippen molar-refractivity contribution in [3.05, 3.63) is 28.2 Å². The molecule has 0 radical (unpaired) electrons. The second-order valence-electron chi connectivity index (χ2n) is 6.26. The average Bonchev–Trinajstić information content (AvgIpc) is 3.12. The van der Waals surface area contributed by atoms with Gasteiger partial charge < -0.3 is 9.88 Å².